The molecule has 1 atom stereocenters. The molecule has 0 aliphatic rings. The van der Waals surface area contributed by atoms with Crippen LogP contribution >= 0.6 is 0 Å². The van der Waals surface area contributed by atoms with Crippen LogP contribution in [0.4, 0.5) is 0 Å². The monoisotopic (exact) mass is 234 g/mol. The largest absolute Gasteiger partial charge is 0.348 e. The van der Waals surface area contributed by atoms with Crippen LogP contribution in [0, 0.1) is 6.92 Å². The molecule has 0 saturated carbocycles. The molecule has 1 aromatic rings. The molecule has 3 heteroatoms. The van der Waals surface area contributed by atoms with Gasteiger partial charge in [0, 0.05) is 0 Å². The first-order valence-electron chi connectivity index (χ1n) is 5.94. The highest BCUT2D eigenvalue weighted by molar-refractivity contribution is 5.85. The fourth-order valence-corrected chi connectivity index (χ4v) is 1.64. The van der Waals surface area contributed by atoms with Crippen molar-refractivity contribution < 1.29 is 4.79 Å². The Hall–Kier alpha value is -1.35. The Kier molecular flexibility index (Phi) is 4.29. The minimum atomic E-state index is -0.545. The minimum absolute atomic E-state index is 0.00996. The normalized spacial score (nSPS) is 13.2. The zero-order valence-electron chi connectivity index (χ0n) is 11.3. The molecule has 1 amide bonds. The number of hydrogen-bond acceptors (Lipinski definition) is 2. The van der Waals surface area contributed by atoms with Gasteiger partial charge in [0.1, 0.15) is 0 Å². The van der Waals surface area contributed by atoms with E-state index in [2.05, 4.69) is 23.6 Å². The predicted molar refractivity (Wildman–Crippen MR) is 70.9 cm³/mol. The summed E-state index contributed by atoms with van der Waals surface area (Å²) in [4.78, 5) is 12.0. The van der Waals surface area contributed by atoms with E-state index in [1.807, 2.05) is 39.0 Å². The molecular formula is C14H22N2O. The summed E-state index contributed by atoms with van der Waals surface area (Å²) in [5.74, 6) is 0.00996. The van der Waals surface area contributed by atoms with Gasteiger partial charge in [-0.05, 0) is 45.9 Å². The molecule has 1 aromatic carbocycles. The lowest BCUT2D eigenvalue weighted by atomic mass is 10.00. The lowest BCUT2D eigenvalue weighted by Crippen LogP contribution is -2.51. The molecule has 0 bridgehead atoms. The van der Waals surface area contributed by atoms with Crippen LogP contribution in [0.5, 0.6) is 0 Å². The van der Waals surface area contributed by atoms with Crippen molar-refractivity contribution in [3.05, 3.63) is 35.4 Å². The van der Waals surface area contributed by atoms with E-state index in [1.54, 1.807) is 7.05 Å². The van der Waals surface area contributed by atoms with E-state index >= 15 is 0 Å². The number of aryl methyl sites for hydroxylation is 1. The summed E-state index contributed by atoms with van der Waals surface area (Å²) in [6.45, 7) is 7.80. The Bertz CT molecular complexity index is 399. The standard InChI is InChI=1S/C14H22N2O/c1-10-8-6-7-9-12(10)11(2)16-13(17)14(3,4)15-5/h6-9,11,15H,1-5H3,(H,16,17)/t11-/m0/s1. The van der Waals surface area contributed by atoms with Gasteiger partial charge in [-0.3, -0.25) is 4.79 Å². The molecule has 2 N–H and O–H groups in total. The summed E-state index contributed by atoms with van der Waals surface area (Å²) in [5.41, 5.74) is 1.81. The van der Waals surface area contributed by atoms with Gasteiger partial charge in [0.25, 0.3) is 0 Å². The maximum atomic E-state index is 12.0. The number of benzene rings is 1. The van der Waals surface area contributed by atoms with E-state index in [4.69, 9.17) is 0 Å². The first-order chi connectivity index (χ1) is 7.88. The fraction of sp³-hybridized carbons (Fsp3) is 0.500. The van der Waals surface area contributed by atoms with Crippen molar-refractivity contribution in [3.8, 4) is 0 Å². The third kappa shape index (κ3) is 3.30. The Balaban J connectivity index is 2.77. The van der Waals surface area contributed by atoms with Gasteiger partial charge in [0.2, 0.25) is 5.91 Å². The summed E-state index contributed by atoms with van der Waals surface area (Å²) < 4.78 is 0. The van der Waals surface area contributed by atoms with Crippen LogP contribution in [0.25, 0.3) is 0 Å². The van der Waals surface area contributed by atoms with Crippen molar-refractivity contribution in [1.29, 1.82) is 0 Å². The van der Waals surface area contributed by atoms with Crippen LogP contribution in [0.15, 0.2) is 24.3 Å². The van der Waals surface area contributed by atoms with Crippen molar-refractivity contribution in [1.82, 2.24) is 10.6 Å². The SMILES string of the molecule is CNC(C)(C)C(=O)N[C@@H](C)c1ccccc1C. The van der Waals surface area contributed by atoms with E-state index in [-0.39, 0.29) is 11.9 Å². The molecule has 0 aromatic heterocycles. The molecule has 1 rings (SSSR count). The smallest absolute Gasteiger partial charge is 0.240 e. The van der Waals surface area contributed by atoms with E-state index in [0.29, 0.717) is 0 Å². The molecule has 94 valence electrons. The molecule has 3 nitrogen and oxygen atoms in total. The van der Waals surface area contributed by atoms with Crippen LogP contribution in [-0.2, 0) is 4.79 Å². The van der Waals surface area contributed by atoms with Crippen LogP contribution in [0.3, 0.4) is 0 Å². The van der Waals surface area contributed by atoms with Crippen molar-refractivity contribution in [2.24, 2.45) is 0 Å². The predicted octanol–water partition coefficient (Wildman–Crippen LogP) is 2.17. The average Bonchev–Trinajstić information content (AvgIpc) is 2.29. The van der Waals surface area contributed by atoms with E-state index in [1.165, 1.54) is 5.56 Å². The topological polar surface area (TPSA) is 41.1 Å². The molecule has 0 aliphatic carbocycles. The summed E-state index contributed by atoms with van der Waals surface area (Å²) in [7, 11) is 1.79. The molecular weight excluding hydrogens is 212 g/mol. The summed E-state index contributed by atoms with van der Waals surface area (Å²) >= 11 is 0. The average molecular weight is 234 g/mol. The molecule has 0 spiro atoms. The molecule has 0 fully saturated rings. The summed E-state index contributed by atoms with van der Waals surface area (Å²) in [6.07, 6.45) is 0. The number of carbonyl (C=O) groups excluding carboxylic acids is 1. The molecule has 0 aliphatic heterocycles. The van der Waals surface area contributed by atoms with Gasteiger partial charge in [0.15, 0.2) is 0 Å². The first kappa shape index (κ1) is 13.7. The van der Waals surface area contributed by atoms with Crippen LogP contribution < -0.4 is 10.6 Å². The van der Waals surface area contributed by atoms with Gasteiger partial charge in [0.05, 0.1) is 11.6 Å². The molecule has 0 heterocycles. The fourth-order valence-electron chi connectivity index (χ4n) is 1.64. The van der Waals surface area contributed by atoms with Gasteiger partial charge >= 0.3 is 0 Å². The van der Waals surface area contributed by atoms with Gasteiger partial charge in [-0.15, -0.1) is 0 Å². The Morgan fingerprint density at radius 2 is 1.88 bits per heavy atom. The van der Waals surface area contributed by atoms with E-state index < -0.39 is 5.54 Å². The third-order valence-corrected chi connectivity index (χ3v) is 3.20. The van der Waals surface area contributed by atoms with Crippen molar-refractivity contribution in [2.45, 2.75) is 39.3 Å². The highest BCUT2D eigenvalue weighted by Gasteiger charge is 2.26. The zero-order chi connectivity index (χ0) is 13.1. The number of hydrogen-bond donors (Lipinski definition) is 2. The molecule has 17 heavy (non-hydrogen) atoms. The quantitative estimate of drug-likeness (QED) is 0.838. The maximum Gasteiger partial charge on any atom is 0.240 e. The highest BCUT2D eigenvalue weighted by Crippen LogP contribution is 2.17. The summed E-state index contributed by atoms with van der Waals surface area (Å²) in [5, 5.41) is 6.03. The van der Waals surface area contributed by atoms with Crippen LogP contribution in [0.2, 0.25) is 0 Å². The Labute approximate surface area is 104 Å². The first-order valence-corrected chi connectivity index (χ1v) is 5.94. The number of likely N-dealkylation sites (N-methyl/N-ethyl adjacent to an activating group) is 1. The number of amides is 1. The van der Waals surface area contributed by atoms with E-state index in [9.17, 15) is 4.79 Å². The van der Waals surface area contributed by atoms with Gasteiger partial charge in [-0.25, -0.2) is 0 Å². The van der Waals surface area contributed by atoms with Crippen molar-refractivity contribution in [2.75, 3.05) is 7.05 Å². The molecule has 0 radical (unpaired) electrons. The molecule has 0 saturated heterocycles. The second-order valence-corrected chi connectivity index (χ2v) is 4.93. The Morgan fingerprint density at radius 1 is 1.29 bits per heavy atom. The summed E-state index contributed by atoms with van der Waals surface area (Å²) in [6, 6.07) is 8.13. The lowest BCUT2D eigenvalue weighted by Gasteiger charge is -2.26. The maximum absolute atomic E-state index is 12.0. The zero-order valence-corrected chi connectivity index (χ0v) is 11.3. The van der Waals surface area contributed by atoms with Gasteiger partial charge in [-0.2, -0.15) is 0 Å². The number of nitrogens with one attached hydrogen (secondary N) is 2. The Morgan fingerprint density at radius 3 is 2.41 bits per heavy atom. The van der Waals surface area contributed by atoms with Crippen molar-refractivity contribution in [3.63, 3.8) is 0 Å². The van der Waals surface area contributed by atoms with Crippen LogP contribution in [-0.4, -0.2) is 18.5 Å². The van der Waals surface area contributed by atoms with E-state index in [0.717, 1.165) is 5.56 Å². The van der Waals surface area contributed by atoms with Crippen molar-refractivity contribution >= 4 is 5.91 Å². The highest BCUT2D eigenvalue weighted by atomic mass is 16.2. The lowest BCUT2D eigenvalue weighted by molar-refractivity contribution is -0.126. The van der Waals surface area contributed by atoms with Crippen LogP contribution in [0.1, 0.15) is 37.9 Å². The third-order valence-electron chi connectivity index (χ3n) is 3.20. The van der Waals surface area contributed by atoms with Gasteiger partial charge in [-0.1, -0.05) is 24.3 Å². The second-order valence-electron chi connectivity index (χ2n) is 4.93. The molecule has 0 unspecified atom stereocenters. The van der Waals surface area contributed by atoms with Gasteiger partial charge < -0.3 is 10.6 Å². The second kappa shape index (κ2) is 5.32. The minimum Gasteiger partial charge on any atom is -0.348 e. The number of carbonyl (C=O) groups is 1. The number of rotatable bonds is 4.